The average Bonchev–Trinajstić information content (AvgIpc) is 2.26. The van der Waals surface area contributed by atoms with Gasteiger partial charge in [0.05, 0.1) is 12.6 Å². The van der Waals surface area contributed by atoms with Gasteiger partial charge < -0.3 is 15.3 Å². The Morgan fingerprint density at radius 2 is 2.06 bits per heavy atom. The highest BCUT2D eigenvalue weighted by Crippen LogP contribution is 2.25. The van der Waals surface area contributed by atoms with Gasteiger partial charge in [-0.15, -0.1) is 0 Å². The lowest BCUT2D eigenvalue weighted by Gasteiger charge is -2.40. The van der Waals surface area contributed by atoms with E-state index in [2.05, 4.69) is 5.32 Å². The molecule has 4 heteroatoms. The monoisotopic (exact) mass is 226 g/mol. The van der Waals surface area contributed by atoms with Crippen LogP contribution in [-0.4, -0.2) is 47.7 Å². The summed E-state index contributed by atoms with van der Waals surface area (Å²) in [4.78, 5) is 14.2. The maximum Gasteiger partial charge on any atom is 0.240 e. The van der Waals surface area contributed by atoms with Crippen LogP contribution in [0.5, 0.6) is 0 Å². The summed E-state index contributed by atoms with van der Waals surface area (Å²) in [7, 11) is 0. The average molecular weight is 226 g/mol. The molecule has 4 nitrogen and oxygen atoms in total. The molecule has 1 atom stereocenters. The second kappa shape index (κ2) is 5.64. The molecule has 0 bridgehead atoms. The Morgan fingerprint density at radius 3 is 2.56 bits per heavy atom. The Morgan fingerprint density at radius 1 is 1.25 bits per heavy atom. The Labute approximate surface area is 97.0 Å². The summed E-state index contributed by atoms with van der Waals surface area (Å²) < 4.78 is 0. The lowest BCUT2D eigenvalue weighted by Crippen LogP contribution is -2.54. The van der Waals surface area contributed by atoms with Gasteiger partial charge in [-0.05, 0) is 38.6 Å². The number of carbonyl (C=O) groups is 1. The van der Waals surface area contributed by atoms with Crippen molar-refractivity contribution in [1.82, 2.24) is 10.2 Å². The summed E-state index contributed by atoms with van der Waals surface area (Å²) in [6, 6.07) is 0.393. The molecule has 1 heterocycles. The van der Waals surface area contributed by atoms with Crippen LogP contribution in [0.3, 0.4) is 0 Å². The number of rotatable bonds is 4. The van der Waals surface area contributed by atoms with Gasteiger partial charge in [0.25, 0.3) is 0 Å². The van der Waals surface area contributed by atoms with E-state index < -0.39 is 0 Å². The van der Waals surface area contributed by atoms with Crippen LogP contribution >= 0.6 is 0 Å². The van der Waals surface area contributed by atoms with Crippen molar-refractivity contribution < 1.29 is 9.90 Å². The number of hydrogen-bond donors (Lipinski definition) is 2. The third-order valence-corrected chi connectivity index (χ3v) is 3.75. The first-order valence-electron chi connectivity index (χ1n) is 6.47. The van der Waals surface area contributed by atoms with Crippen LogP contribution in [-0.2, 0) is 4.79 Å². The van der Waals surface area contributed by atoms with E-state index in [1.54, 1.807) is 0 Å². The van der Waals surface area contributed by atoms with E-state index in [9.17, 15) is 4.79 Å². The number of hydrogen-bond acceptors (Lipinski definition) is 3. The zero-order valence-electron chi connectivity index (χ0n) is 9.82. The minimum atomic E-state index is 0.000833. The third-order valence-electron chi connectivity index (χ3n) is 3.75. The normalized spacial score (nSPS) is 26.2. The molecule has 2 N–H and O–H groups in total. The van der Waals surface area contributed by atoms with Gasteiger partial charge in [-0.1, -0.05) is 6.42 Å². The summed E-state index contributed by atoms with van der Waals surface area (Å²) >= 11 is 0. The molecule has 2 rings (SSSR count). The smallest absolute Gasteiger partial charge is 0.240 e. The molecule has 2 fully saturated rings. The summed E-state index contributed by atoms with van der Waals surface area (Å²) in [6.45, 7) is 1.53. The first-order valence-corrected chi connectivity index (χ1v) is 6.47. The van der Waals surface area contributed by atoms with Crippen molar-refractivity contribution in [2.24, 2.45) is 0 Å². The number of aliphatic hydroxyl groups excluding tert-OH is 1. The standard InChI is InChI=1S/C12H22N2O2/c15-9-8-14(10-4-3-5-10)12(16)11-6-1-2-7-13-11/h10-11,13,15H,1-9H2/t11-/m1/s1. The molecule has 92 valence electrons. The molecule has 1 saturated heterocycles. The fourth-order valence-electron chi connectivity index (χ4n) is 2.54. The van der Waals surface area contributed by atoms with Crippen molar-refractivity contribution in [3.05, 3.63) is 0 Å². The van der Waals surface area contributed by atoms with E-state index in [1.165, 1.54) is 12.8 Å². The molecule has 0 aromatic rings. The molecule has 2 aliphatic rings. The molecule has 0 spiro atoms. The van der Waals surface area contributed by atoms with Crippen molar-refractivity contribution in [3.63, 3.8) is 0 Å². The Bertz CT molecular complexity index is 235. The first-order chi connectivity index (χ1) is 7.83. The van der Waals surface area contributed by atoms with Crippen LogP contribution in [0.25, 0.3) is 0 Å². The molecule has 16 heavy (non-hydrogen) atoms. The van der Waals surface area contributed by atoms with Crippen LogP contribution in [0.2, 0.25) is 0 Å². The van der Waals surface area contributed by atoms with Gasteiger partial charge in [-0.2, -0.15) is 0 Å². The second-order valence-electron chi connectivity index (χ2n) is 4.84. The molecular weight excluding hydrogens is 204 g/mol. The van der Waals surface area contributed by atoms with Gasteiger partial charge in [-0.3, -0.25) is 4.79 Å². The SMILES string of the molecule is O=C([C@H]1CCCCN1)N(CCO)C1CCC1. The van der Waals surface area contributed by atoms with Crippen LogP contribution in [0, 0.1) is 0 Å². The second-order valence-corrected chi connectivity index (χ2v) is 4.84. The Kier molecular flexibility index (Phi) is 4.18. The van der Waals surface area contributed by atoms with Crippen LogP contribution in [0.15, 0.2) is 0 Å². The molecule has 1 saturated carbocycles. The fourth-order valence-corrected chi connectivity index (χ4v) is 2.54. The van der Waals surface area contributed by atoms with Gasteiger partial charge in [0.15, 0.2) is 0 Å². The quantitative estimate of drug-likeness (QED) is 0.734. The zero-order valence-corrected chi connectivity index (χ0v) is 9.82. The van der Waals surface area contributed by atoms with Crippen molar-refractivity contribution in [2.75, 3.05) is 19.7 Å². The summed E-state index contributed by atoms with van der Waals surface area (Å²) in [5, 5.41) is 12.3. The molecule has 0 aromatic carbocycles. The largest absolute Gasteiger partial charge is 0.395 e. The first kappa shape index (κ1) is 11.9. The number of amides is 1. The zero-order chi connectivity index (χ0) is 11.4. The minimum absolute atomic E-state index is 0.000833. The van der Waals surface area contributed by atoms with Crippen molar-refractivity contribution in [2.45, 2.75) is 50.6 Å². The van der Waals surface area contributed by atoms with Crippen molar-refractivity contribution in [3.8, 4) is 0 Å². The fraction of sp³-hybridized carbons (Fsp3) is 0.917. The van der Waals surface area contributed by atoms with E-state index in [4.69, 9.17) is 5.11 Å². The third kappa shape index (κ3) is 2.55. The van der Waals surface area contributed by atoms with E-state index in [1.807, 2.05) is 4.90 Å². The molecule has 0 unspecified atom stereocenters. The van der Waals surface area contributed by atoms with Crippen LogP contribution in [0.4, 0.5) is 0 Å². The number of piperidine rings is 1. The van der Waals surface area contributed by atoms with Crippen LogP contribution < -0.4 is 5.32 Å². The lowest BCUT2D eigenvalue weighted by atomic mass is 9.90. The number of carbonyl (C=O) groups excluding carboxylic acids is 1. The number of nitrogens with zero attached hydrogens (tertiary/aromatic N) is 1. The highest BCUT2D eigenvalue weighted by molar-refractivity contribution is 5.82. The molecular formula is C12H22N2O2. The molecule has 1 amide bonds. The maximum absolute atomic E-state index is 12.3. The van der Waals surface area contributed by atoms with E-state index in [0.29, 0.717) is 12.6 Å². The highest BCUT2D eigenvalue weighted by Gasteiger charge is 2.32. The van der Waals surface area contributed by atoms with Gasteiger partial charge in [0, 0.05) is 12.6 Å². The van der Waals surface area contributed by atoms with Crippen molar-refractivity contribution >= 4 is 5.91 Å². The Hall–Kier alpha value is -0.610. The number of nitrogens with one attached hydrogen (secondary N) is 1. The van der Waals surface area contributed by atoms with Gasteiger partial charge >= 0.3 is 0 Å². The molecule has 1 aliphatic heterocycles. The highest BCUT2D eigenvalue weighted by atomic mass is 16.3. The van der Waals surface area contributed by atoms with E-state index in [-0.39, 0.29) is 18.6 Å². The minimum Gasteiger partial charge on any atom is -0.395 e. The summed E-state index contributed by atoms with van der Waals surface area (Å²) in [5.41, 5.74) is 0. The van der Waals surface area contributed by atoms with E-state index >= 15 is 0 Å². The Balaban J connectivity index is 1.92. The van der Waals surface area contributed by atoms with Crippen molar-refractivity contribution in [1.29, 1.82) is 0 Å². The summed E-state index contributed by atoms with van der Waals surface area (Å²) in [6.07, 6.45) is 6.70. The predicted molar refractivity (Wildman–Crippen MR) is 62.1 cm³/mol. The summed E-state index contributed by atoms with van der Waals surface area (Å²) in [5.74, 6) is 0.207. The maximum atomic E-state index is 12.3. The van der Waals surface area contributed by atoms with E-state index in [0.717, 1.165) is 32.2 Å². The van der Waals surface area contributed by atoms with Gasteiger partial charge in [0.2, 0.25) is 5.91 Å². The van der Waals surface area contributed by atoms with Gasteiger partial charge in [-0.25, -0.2) is 0 Å². The van der Waals surface area contributed by atoms with Gasteiger partial charge in [0.1, 0.15) is 0 Å². The predicted octanol–water partition coefficient (Wildman–Crippen LogP) is 0.502. The topological polar surface area (TPSA) is 52.6 Å². The number of aliphatic hydroxyl groups is 1. The van der Waals surface area contributed by atoms with Crippen LogP contribution in [0.1, 0.15) is 38.5 Å². The molecule has 1 aliphatic carbocycles. The molecule has 0 radical (unpaired) electrons. The lowest BCUT2D eigenvalue weighted by molar-refractivity contribution is -0.138. The molecule has 0 aromatic heterocycles.